The first kappa shape index (κ1) is 12.6. The van der Waals surface area contributed by atoms with Crippen molar-refractivity contribution in [2.75, 3.05) is 31.1 Å². The number of anilines is 1. The van der Waals surface area contributed by atoms with Crippen molar-refractivity contribution in [3.8, 4) is 0 Å². The summed E-state index contributed by atoms with van der Waals surface area (Å²) in [6.07, 6.45) is 3.44. The van der Waals surface area contributed by atoms with Crippen molar-refractivity contribution in [3.63, 3.8) is 0 Å². The largest absolute Gasteiger partial charge is 0.351 e. The van der Waals surface area contributed by atoms with E-state index in [0.29, 0.717) is 43.6 Å². The maximum Gasteiger partial charge on any atom is 0.292 e. The Kier molecular flexibility index (Phi) is 3.32. The summed E-state index contributed by atoms with van der Waals surface area (Å²) in [4.78, 5) is 24.5. The zero-order chi connectivity index (χ0) is 13.9. The average Bonchev–Trinajstić information content (AvgIpc) is 2.94. The fourth-order valence-electron chi connectivity index (χ4n) is 2.18. The Morgan fingerprint density at radius 1 is 1.20 bits per heavy atom. The van der Waals surface area contributed by atoms with Crippen LogP contribution in [-0.2, 0) is 0 Å². The molecule has 0 atom stereocenters. The SMILES string of the molecule is Cc1cc(C(=O)N2CCN(c3ncccn3)CC2)on1. The van der Waals surface area contributed by atoms with Gasteiger partial charge in [-0.05, 0) is 13.0 Å². The molecule has 1 fully saturated rings. The molecule has 0 unspecified atom stereocenters. The van der Waals surface area contributed by atoms with E-state index in [4.69, 9.17) is 4.52 Å². The van der Waals surface area contributed by atoms with Crippen molar-refractivity contribution >= 4 is 11.9 Å². The van der Waals surface area contributed by atoms with Crippen molar-refractivity contribution in [2.24, 2.45) is 0 Å². The van der Waals surface area contributed by atoms with Crippen molar-refractivity contribution in [1.82, 2.24) is 20.0 Å². The molecule has 0 bridgehead atoms. The van der Waals surface area contributed by atoms with Crippen LogP contribution in [0.3, 0.4) is 0 Å². The molecule has 3 rings (SSSR count). The Morgan fingerprint density at radius 2 is 1.90 bits per heavy atom. The van der Waals surface area contributed by atoms with E-state index in [1.807, 2.05) is 0 Å². The smallest absolute Gasteiger partial charge is 0.292 e. The highest BCUT2D eigenvalue weighted by molar-refractivity contribution is 5.91. The first-order chi connectivity index (χ1) is 9.74. The number of nitrogens with zero attached hydrogens (tertiary/aromatic N) is 5. The highest BCUT2D eigenvalue weighted by Gasteiger charge is 2.25. The molecule has 1 aliphatic heterocycles. The van der Waals surface area contributed by atoms with E-state index < -0.39 is 0 Å². The van der Waals surface area contributed by atoms with Crippen molar-refractivity contribution in [3.05, 3.63) is 36.0 Å². The number of aromatic nitrogens is 3. The van der Waals surface area contributed by atoms with Gasteiger partial charge < -0.3 is 14.3 Å². The van der Waals surface area contributed by atoms with Crippen LogP contribution in [0.2, 0.25) is 0 Å². The summed E-state index contributed by atoms with van der Waals surface area (Å²) in [5, 5.41) is 3.74. The molecule has 20 heavy (non-hydrogen) atoms. The van der Waals surface area contributed by atoms with Gasteiger partial charge in [0.1, 0.15) is 0 Å². The van der Waals surface area contributed by atoms with Crippen molar-refractivity contribution in [2.45, 2.75) is 6.92 Å². The Hall–Kier alpha value is -2.44. The summed E-state index contributed by atoms with van der Waals surface area (Å²) < 4.78 is 5.01. The second-order valence-corrected chi connectivity index (χ2v) is 4.66. The highest BCUT2D eigenvalue weighted by Crippen LogP contribution is 2.13. The van der Waals surface area contributed by atoms with Crippen LogP contribution in [0, 0.1) is 6.92 Å². The van der Waals surface area contributed by atoms with Crippen molar-refractivity contribution < 1.29 is 9.32 Å². The number of piperazine rings is 1. The van der Waals surface area contributed by atoms with Crippen LogP contribution in [0.25, 0.3) is 0 Å². The predicted molar refractivity (Wildman–Crippen MR) is 71.4 cm³/mol. The van der Waals surface area contributed by atoms with Gasteiger partial charge in [0.15, 0.2) is 0 Å². The molecule has 1 amide bonds. The number of carbonyl (C=O) groups is 1. The van der Waals surface area contributed by atoms with E-state index in [-0.39, 0.29) is 5.91 Å². The molecular formula is C13H15N5O2. The van der Waals surface area contributed by atoms with Crippen molar-refractivity contribution in [1.29, 1.82) is 0 Å². The lowest BCUT2D eigenvalue weighted by Gasteiger charge is -2.34. The van der Waals surface area contributed by atoms with Gasteiger partial charge >= 0.3 is 0 Å². The zero-order valence-electron chi connectivity index (χ0n) is 11.2. The average molecular weight is 273 g/mol. The molecule has 0 radical (unpaired) electrons. The van der Waals surface area contributed by atoms with Crippen LogP contribution < -0.4 is 4.90 Å². The van der Waals surface area contributed by atoms with E-state index in [1.54, 1.807) is 36.4 Å². The standard InChI is InChI=1S/C13H15N5O2/c1-10-9-11(20-16-10)12(19)17-5-7-18(8-6-17)13-14-3-2-4-15-13/h2-4,9H,5-8H2,1H3. The predicted octanol–water partition coefficient (Wildman–Crippen LogP) is 0.735. The lowest BCUT2D eigenvalue weighted by atomic mass is 10.3. The molecule has 3 heterocycles. The summed E-state index contributed by atoms with van der Waals surface area (Å²) in [6, 6.07) is 3.45. The van der Waals surface area contributed by atoms with Crippen LogP contribution in [0.1, 0.15) is 16.2 Å². The second kappa shape index (κ2) is 5.28. The lowest BCUT2D eigenvalue weighted by molar-refractivity contribution is 0.0704. The zero-order valence-corrected chi connectivity index (χ0v) is 11.2. The van der Waals surface area contributed by atoms with Gasteiger partial charge in [0, 0.05) is 44.6 Å². The molecule has 7 nitrogen and oxygen atoms in total. The Bertz CT molecular complexity index is 590. The van der Waals surface area contributed by atoms with Crippen LogP contribution in [0.4, 0.5) is 5.95 Å². The number of hydrogen-bond donors (Lipinski definition) is 0. The van der Waals surface area contributed by atoms with Gasteiger partial charge in [0.25, 0.3) is 5.91 Å². The summed E-state index contributed by atoms with van der Waals surface area (Å²) in [6.45, 7) is 4.46. The summed E-state index contributed by atoms with van der Waals surface area (Å²) >= 11 is 0. The maximum absolute atomic E-state index is 12.2. The first-order valence-electron chi connectivity index (χ1n) is 6.48. The quantitative estimate of drug-likeness (QED) is 0.803. The van der Waals surface area contributed by atoms with Gasteiger partial charge in [-0.25, -0.2) is 9.97 Å². The minimum atomic E-state index is -0.112. The number of amides is 1. The molecule has 104 valence electrons. The fourth-order valence-corrected chi connectivity index (χ4v) is 2.18. The molecular weight excluding hydrogens is 258 g/mol. The Balaban J connectivity index is 1.63. The van der Waals surface area contributed by atoms with E-state index in [2.05, 4.69) is 20.0 Å². The molecule has 1 aliphatic rings. The minimum Gasteiger partial charge on any atom is -0.351 e. The molecule has 2 aromatic heterocycles. The monoisotopic (exact) mass is 273 g/mol. The third kappa shape index (κ3) is 2.47. The first-order valence-corrected chi connectivity index (χ1v) is 6.48. The van der Waals surface area contributed by atoms with Crippen LogP contribution in [0.15, 0.2) is 29.0 Å². The summed E-state index contributed by atoms with van der Waals surface area (Å²) in [5.41, 5.74) is 0.713. The normalized spacial score (nSPS) is 15.4. The number of carbonyl (C=O) groups excluding carboxylic acids is 1. The van der Waals surface area contributed by atoms with Gasteiger partial charge in [0.05, 0.1) is 5.69 Å². The van der Waals surface area contributed by atoms with Crippen LogP contribution in [-0.4, -0.2) is 52.1 Å². The minimum absolute atomic E-state index is 0.112. The molecule has 0 aromatic carbocycles. The second-order valence-electron chi connectivity index (χ2n) is 4.66. The Morgan fingerprint density at radius 3 is 2.50 bits per heavy atom. The van der Waals surface area contributed by atoms with Crippen LogP contribution in [0.5, 0.6) is 0 Å². The van der Waals surface area contributed by atoms with Gasteiger partial charge in [-0.3, -0.25) is 4.79 Å². The molecule has 0 aliphatic carbocycles. The van der Waals surface area contributed by atoms with E-state index >= 15 is 0 Å². The number of hydrogen-bond acceptors (Lipinski definition) is 6. The van der Waals surface area contributed by atoms with E-state index in [9.17, 15) is 4.79 Å². The third-order valence-corrected chi connectivity index (χ3v) is 3.24. The fraction of sp³-hybridized carbons (Fsp3) is 0.385. The van der Waals surface area contributed by atoms with Gasteiger partial charge in [-0.1, -0.05) is 5.16 Å². The third-order valence-electron chi connectivity index (χ3n) is 3.24. The maximum atomic E-state index is 12.2. The van der Waals surface area contributed by atoms with Gasteiger partial charge in [-0.2, -0.15) is 0 Å². The molecule has 0 N–H and O–H groups in total. The highest BCUT2D eigenvalue weighted by atomic mass is 16.5. The molecule has 0 spiro atoms. The van der Waals surface area contributed by atoms with Crippen LogP contribution >= 0.6 is 0 Å². The van der Waals surface area contributed by atoms with Gasteiger partial charge in [0.2, 0.25) is 11.7 Å². The molecule has 1 saturated heterocycles. The molecule has 7 heteroatoms. The van der Waals surface area contributed by atoms with E-state index in [1.165, 1.54) is 0 Å². The van der Waals surface area contributed by atoms with Gasteiger partial charge in [-0.15, -0.1) is 0 Å². The van der Waals surface area contributed by atoms with E-state index in [0.717, 1.165) is 0 Å². The summed E-state index contributed by atoms with van der Waals surface area (Å²) in [7, 11) is 0. The molecule has 0 saturated carbocycles. The molecule has 2 aromatic rings. The number of rotatable bonds is 2. The Labute approximate surface area is 116 Å². The summed E-state index contributed by atoms with van der Waals surface area (Å²) in [5.74, 6) is 0.890. The topological polar surface area (TPSA) is 75.4 Å². The lowest BCUT2D eigenvalue weighted by Crippen LogP contribution is -2.49. The number of aryl methyl sites for hydroxylation is 1.